The zero-order valence-corrected chi connectivity index (χ0v) is 19.5. The molecule has 0 spiro atoms. The lowest BCUT2D eigenvalue weighted by atomic mass is 10.0. The molecule has 2 aromatic rings. The number of nitrogens with one attached hydrogen (secondary N) is 2. The highest BCUT2D eigenvalue weighted by Crippen LogP contribution is 2.29. The Kier molecular flexibility index (Phi) is 7.22. The molecule has 4 rings (SSSR count). The van der Waals surface area contributed by atoms with Gasteiger partial charge in [-0.15, -0.1) is 0 Å². The lowest BCUT2D eigenvalue weighted by Gasteiger charge is -2.36. The maximum atomic E-state index is 5.55. The molecule has 2 saturated heterocycles. The van der Waals surface area contributed by atoms with E-state index in [0.717, 1.165) is 31.3 Å². The van der Waals surface area contributed by atoms with Crippen molar-refractivity contribution in [3.05, 3.63) is 42.0 Å². The van der Waals surface area contributed by atoms with E-state index >= 15 is 0 Å². The van der Waals surface area contributed by atoms with E-state index in [1.54, 1.807) is 0 Å². The van der Waals surface area contributed by atoms with Gasteiger partial charge in [0.15, 0.2) is 5.11 Å². The fraction of sp³-hybridized carbons (Fsp3) is 0.542. The number of thiocarbonyl (C=S) groups is 1. The summed E-state index contributed by atoms with van der Waals surface area (Å²) in [7, 11) is 0. The van der Waals surface area contributed by atoms with E-state index in [1.165, 1.54) is 37.7 Å². The smallest absolute Gasteiger partial charge is 0.232 e. The zero-order valence-electron chi connectivity index (χ0n) is 18.7. The first-order valence-electron chi connectivity index (χ1n) is 11.6. The molecule has 2 N–H and O–H groups in total. The van der Waals surface area contributed by atoms with Crippen molar-refractivity contribution in [2.75, 3.05) is 34.8 Å². The van der Waals surface area contributed by atoms with Gasteiger partial charge in [0, 0.05) is 38.3 Å². The fourth-order valence-corrected chi connectivity index (χ4v) is 4.71. The first-order chi connectivity index (χ1) is 15.1. The number of hydrogen-bond acceptors (Lipinski definition) is 5. The van der Waals surface area contributed by atoms with Crippen molar-refractivity contribution in [3.63, 3.8) is 0 Å². The minimum Gasteiger partial charge on any atom is -0.358 e. The van der Waals surface area contributed by atoms with Crippen LogP contribution in [0.1, 0.15) is 51.5 Å². The molecule has 0 unspecified atom stereocenters. The Morgan fingerprint density at radius 3 is 2.61 bits per heavy atom. The van der Waals surface area contributed by atoms with Gasteiger partial charge in [0.25, 0.3) is 0 Å². The van der Waals surface area contributed by atoms with Crippen LogP contribution in [0.3, 0.4) is 0 Å². The number of piperidine rings is 2. The van der Waals surface area contributed by atoms with Crippen LogP contribution in [0.4, 0.5) is 17.6 Å². The number of aromatic nitrogens is 2. The van der Waals surface area contributed by atoms with E-state index in [0.29, 0.717) is 29.6 Å². The van der Waals surface area contributed by atoms with Gasteiger partial charge in [0.1, 0.15) is 11.6 Å². The van der Waals surface area contributed by atoms with Crippen molar-refractivity contribution >= 4 is 34.9 Å². The van der Waals surface area contributed by atoms with Gasteiger partial charge in [0.2, 0.25) is 5.95 Å². The molecule has 2 atom stereocenters. The number of hydrogen-bond donors (Lipinski definition) is 2. The molecular formula is C24H34N6S. The standard InChI is InChI=1S/C24H34N6S/c1-18-9-8-13-29(17-18)21-15-22(30-14-7-6-10-19(30)2)27-23(26-21)28-24(31)25-16-20-11-4-3-5-12-20/h3-5,11-12,15,18-19H,6-10,13-14,16-17H2,1-2H3,(H2,25,26,27,28,31)/t18-,19-/m1/s1. The van der Waals surface area contributed by atoms with Crippen LogP contribution in [-0.2, 0) is 6.54 Å². The fourth-order valence-electron chi connectivity index (χ4n) is 4.55. The summed E-state index contributed by atoms with van der Waals surface area (Å²) in [6.07, 6.45) is 6.21. The summed E-state index contributed by atoms with van der Waals surface area (Å²) < 4.78 is 0. The summed E-state index contributed by atoms with van der Waals surface area (Å²) in [5.74, 6) is 3.27. The van der Waals surface area contributed by atoms with Gasteiger partial charge in [-0.1, -0.05) is 37.3 Å². The number of nitrogens with zero attached hydrogens (tertiary/aromatic N) is 4. The molecule has 0 radical (unpaired) electrons. The Bertz CT molecular complexity index is 874. The SMILES string of the molecule is C[C@@H]1CCCN(c2cc(N3CCCC[C@H]3C)nc(NC(=S)NCc3ccccc3)n2)C1. The highest BCUT2D eigenvalue weighted by Gasteiger charge is 2.24. The van der Waals surface area contributed by atoms with Crippen molar-refractivity contribution < 1.29 is 0 Å². The monoisotopic (exact) mass is 438 g/mol. The molecule has 1 aromatic heterocycles. The largest absolute Gasteiger partial charge is 0.358 e. The van der Waals surface area contributed by atoms with Crippen molar-refractivity contribution in [1.29, 1.82) is 0 Å². The van der Waals surface area contributed by atoms with E-state index in [1.807, 2.05) is 18.2 Å². The van der Waals surface area contributed by atoms with Crippen LogP contribution in [0.5, 0.6) is 0 Å². The van der Waals surface area contributed by atoms with Gasteiger partial charge in [0.05, 0.1) is 0 Å². The highest BCUT2D eigenvalue weighted by molar-refractivity contribution is 7.80. The van der Waals surface area contributed by atoms with Crippen molar-refractivity contribution in [1.82, 2.24) is 15.3 Å². The molecule has 7 heteroatoms. The molecule has 0 amide bonds. The quantitative estimate of drug-likeness (QED) is 0.663. The highest BCUT2D eigenvalue weighted by atomic mass is 32.1. The summed E-state index contributed by atoms with van der Waals surface area (Å²) in [5, 5.41) is 7.06. The molecule has 31 heavy (non-hydrogen) atoms. The van der Waals surface area contributed by atoms with Gasteiger partial charge >= 0.3 is 0 Å². The molecular weight excluding hydrogens is 404 g/mol. The Morgan fingerprint density at radius 2 is 1.84 bits per heavy atom. The molecule has 1 aromatic carbocycles. The second-order valence-electron chi connectivity index (χ2n) is 8.93. The molecule has 6 nitrogen and oxygen atoms in total. The van der Waals surface area contributed by atoms with Gasteiger partial charge in [-0.3, -0.25) is 0 Å². The maximum absolute atomic E-state index is 5.55. The maximum Gasteiger partial charge on any atom is 0.232 e. The summed E-state index contributed by atoms with van der Waals surface area (Å²) in [5.41, 5.74) is 1.19. The van der Waals surface area contributed by atoms with Gasteiger partial charge < -0.3 is 20.4 Å². The van der Waals surface area contributed by atoms with Crippen molar-refractivity contribution in [3.8, 4) is 0 Å². The lowest BCUT2D eigenvalue weighted by Crippen LogP contribution is -2.39. The summed E-state index contributed by atoms with van der Waals surface area (Å²) in [6, 6.07) is 12.9. The Hall–Kier alpha value is -2.41. The molecule has 2 fully saturated rings. The number of anilines is 3. The molecule has 166 valence electrons. The minimum absolute atomic E-state index is 0.493. The van der Waals surface area contributed by atoms with Crippen molar-refractivity contribution in [2.45, 2.75) is 58.5 Å². The van der Waals surface area contributed by atoms with Crippen LogP contribution in [0.2, 0.25) is 0 Å². The van der Waals surface area contributed by atoms with Crippen LogP contribution in [-0.4, -0.2) is 40.8 Å². The first kappa shape index (κ1) is 21.8. The van der Waals surface area contributed by atoms with E-state index in [-0.39, 0.29) is 0 Å². The summed E-state index contributed by atoms with van der Waals surface area (Å²) >= 11 is 5.55. The van der Waals surface area contributed by atoms with Crippen LogP contribution >= 0.6 is 12.2 Å². The second kappa shape index (κ2) is 10.3. The molecule has 2 aliphatic rings. The number of rotatable bonds is 5. The average Bonchev–Trinajstić information content (AvgIpc) is 2.78. The topological polar surface area (TPSA) is 56.3 Å². The molecule has 0 saturated carbocycles. The Balaban J connectivity index is 1.52. The molecule has 0 aliphatic carbocycles. The van der Waals surface area contributed by atoms with E-state index in [4.69, 9.17) is 22.2 Å². The van der Waals surface area contributed by atoms with Gasteiger partial charge in [-0.05, 0) is 62.7 Å². The van der Waals surface area contributed by atoms with Crippen LogP contribution in [0.25, 0.3) is 0 Å². The summed E-state index contributed by atoms with van der Waals surface area (Å²) in [4.78, 5) is 14.5. The molecule has 0 bridgehead atoms. The Labute approximate surface area is 191 Å². The van der Waals surface area contributed by atoms with E-state index in [9.17, 15) is 0 Å². The van der Waals surface area contributed by atoms with Gasteiger partial charge in [-0.25, -0.2) is 0 Å². The van der Waals surface area contributed by atoms with Crippen LogP contribution < -0.4 is 20.4 Å². The minimum atomic E-state index is 0.493. The normalized spacial score (nSPS) is 21.6. The van der Waals surface area contributed by atoms with Crippen LogP contribution in [0.15, 0.2) is 36.4 Å². The third-order valence-corrected chi connectivity index (χ3v) is 6.54. The molecule has 2 aliphatic heterocycles. The second-order valence-corrected chi connectivity index (χ2v) is 9.34. The van der Waals surface area contributed by atoms with E-state index in [2.05, 4.69) is 52.5 Å². The van der Waals surface area contributed by atoms with Gasteiger partial charge in [-0.2, -0.15) is 9.97 Å². The number of benzene rings is 1. The van der Waals surface area contributed by atoms with E-state index < -0.39 is 0 Å². The van der Waals surface area contributed by atoms with Crippen LogP contribution in [0, 0.1) is 5.92 Å². The average molecular weight is 439 g/mol. The lowest BCUT2D eigenvalue weighted by molar-refractivity contribution is 0.444. The third kappa shape index (κ3) is 5.85. The molecule has 3 heterocycles. The predicted molar refractivity (Wildman–Crippen MR) is 133 cm³/mol. The third-order valence-electron chi connectivity index (χ3n) is 6.30. The predicted octanol–water partition coefficient (Wildman–Crippen LogP) is 4.58. The van der Waals surface area contributed by atoms with Crippen molar-refractivity contribution in [2.24, 2.45) is 5.92 Å². The first-order valence-corrected chi connectivity index (χ1v) is 12.0. The zero-order chi connectivity index (χ0) is 21.6. The summed E-state index contributed by atoms with van der Waals surface area (Å²) in [6.45, 7) is 8.43. The Morgan fingerprint density at radius 1 is 1.03 bits per heavy atom.